The summed E-state index contributed by atoms with van der Waals surface area (Å²) in [4.78, 5) is 4.08. The van der Waals surface area contributed by atoms with E-state index in [4.69, 9.17) is 11.5 Å². The maximum atomic E-state index is 5.96. The Hall–Kier alpha value is -1.09. The molecule has 0 radical (unpaired) electrons. The first-order valence-corrected chi connectivity index (χ1v) is 4.62. The SMILES string of the molecule is CCC[C@H](N)c1cc(C)cnc1N. The molecule has 3 heteroatoms. The summed E-state index contributed by atoms with van der Waals surface area (Å²) in [5, 5.41) is 0. The van der Waals surface area contributed by atoms with E-state index in [2.05, 4.69) is 11.9 Å². The number of anilines is 1. The monoisotopic (exact) mass is 179 g/mol. The van der Waals surface area contributed by atoms with Gasteiger partial charge in [0.1, 0.15) is 5.82 Å². The van der Waals surface area contributed by atoms with E-state index < -0.39 is 0 Å². The fourth-order valence-electron chi connectivity index (χ4n) is 1.37. The summed E-state index contributed by atoms with van der Waals surface area (Å²) in [5.41, 5.74) is 13.8. The third-order valence-electron chi connectivity index (χ3n) is 2.09. The minimum atomic E-state index is 0.0254. The van der Waals surface area contributed by atoms with Crippen molar-refractivity contribution in [3.05, 3.63) is 23.4 Å². The molecular weight excluding hydrogens is 162 g/mol. The van der Waals surface area contributed by atoms with E-state index in [-0.39, 0.29) is 6.04 Å². The molecule has 13 heavy (non-hydrogen) atoms. The van der Waals surface area contributed by atoms with Crippen LogP contribution < -0.4 is 11.5 Å². The van der Waals surface area contributed by atoms with Crippen LogP contribution in [0, 0.1) is 6.92 Å². The number of pyridine rings is 1. The number of hydrogen-bond acceptors (Lipinski definition) is 3. The summed E-state index contributed by atoms with van der Waals surface area (Å²) in [6.07, 6.45) is 3.78. The number of hydrogen-bond donors (Lipinski definition) is 2. The minimum absolute atomic E-state index is 0.0254. The van der Waals surface area contributed by atoms with Crippen molar-refractivity contribution in [2.75, 3.05) is 5.73 Å². The quantitative estimate of drug-likeness (QED) is 0.743. The van der Waals surface area contributed by atoms with E-state index in [1.807, 2.05) is 13.0 Å². The van der Waals surface area contributed by atoms with Crippen LogP contribution in [0.1, 0.15) is 36.9 Å². The third kappa shape index (κ3) is 2.42. The second kappa shape index (κ2) is 4.23. The average molecular weight is 179 g/mol. The van der Waals surface area contributed by atoms with Crippen molar-refractivity contribution in [3.63, 3.8) is 0 Å². The number of nitrogen functional groups attached to an aromatic ring is 1. The first-order valence-electron chi connectivity index (χ1n) is 4.62. The maximum absolute atomic E-state index is 5.96. The summed E-state index contributed by atoms with van der Waals surface area (Å²) in [7, 11) is 0. The molecule has 72 valence electrons. The molecule has 0 aliphatic rings. The van der Waals surface area contributed by atoms with Crippen LogP contribution in [0.15, 0.2) is 12.3 Å². The molecule has 0 saturated heterocycles. The van der Waals surface area contributed by atoms with Crippen LogP contribution in [0.4, 0.5) is 5.82 Å². The molecule has 0 bridgehead atoms. The lowest BCUT2D eigenvalue weighted by Crippen LogP contribution is -2.13. The Morgan fingerprint density at radius 3 is 2.85 bits per heavy atom. The zero-order valence-corrected chi connectivity index (χ0v) is 8.25. The molecule has 0 amide bonds. The molecule has 0 aliphatic carbocycles. The number of nitrogens with zero attached hydrogens (tertiary/aromatic N) is 1. The van der Waals surface area contributed by atoms with Crippen LogP contribution >= 0.6 is 0 Å². The number of aryl methyl sites for hydroxylation is 1. The fraction of sp³-hybridized carbons (Fsp3) is 0.500. The smallest absolute Gasteiger partial charge is 0.128 e. The van der Waals surface area contributed by atoms with Gasteiger partial charge in [-0.2, -0.15) is 0 Å². The second-order valence-electron chi connectivity index (χ2n) is 3.38. The summed E-state index contributed by atoms with van der Waals surface area (Å²) in [5.74, 6) is 0.562. The summed E-state index contributed by atoms with van der Waals surface area (Å²) < 4.78 is 0. The van der Waals surface area contributed by atoms with Gasteiger partial charge in [-0.25, -0.2) is 4.98 Å². The molecule has 1 heterocycles. The Morgan fingerprint density at radius 2 is 2.23 bits per heavy atom. The maximum Gasteiger partial charge on any atom is 0.128 e. The highest BCUT2D eigenvalue weighted by Crippen LogP contribution is 2.20. The molecule has 0 aliphatic heterocycles. The molecule has 0 spiro atoms. The van der Waals surface area contributed by atoms with Crippen molar-refractivity contribution in [3.8, 4) is 0 Å². The lowest BCUT2D eigenvalue weighted by molar-refractivity contribution is 0.638. The summed E-state index contributed by atoms with van der Waals surface area (Å²) in [6.45, 7) is 4.11. The van der Waals surface area contributed by atoms with Gasteiger partial charge in [-0.15, -0.1) is 0 Å². The first kappa shape index (κ1) is 9.99. The summed E-state index contributed by atoms with van der Waals surface area (Å²) >= 11 is 0. The van der Waals surface area contributed by atoms with Gasteiger partial charge in [0.2, 0.25) is 0 Å². The molecule has 1 atom stereocenters. The van der Waals surface area contributed by atoms with Crippen LogP contribution in [0.2, 0.25) is 0 Å². The van der Waals surface area contributed by atoms with Gasteiger partial charge in [-0.05, 0) is 25.0 Å². The number of aromatic nitrogens is 1. The van der Waals surface area contributed by atoms with Gasteiger partial charge in [0, 0.05) is 17.8 Å². The van der Waals surface area contributed by atoms with Gasteiger partial charge in [0.05, 0.1) is 0 Å². The number of nitrogens with two attached hydrogens (primary N) is 2. The van der Waals surface area contributed by atoms with Crippen molar-refractivity contribution in [2.45, 2.75) is 32.7 Å². The molecule has 1 rings (SSSR count). The minimum Gasteiger partial charge on any atom is -0.383 e. The van der Waals surface area contributed by atoms with Crippen LogP contribution in [0.25, 0.3) is 0 Å². The van der Waals surface area contributed by atoms with E-state index >= 15 is 0 Å². The van der Waals surface area contributed by atoms with Crippen molar-refractivity contribution < 1.29 is 0 Å². The lowest BCUT2D eigenvalue weighted by Gasteiger charge is -2.12. The Kier molecular flexibility index (Phi) is 3.25. The van der Waals surface area contributed by atoms with Gasteiger partial charge in [0.15, 0.2) is 0 Å². The van der Waals surface area contributed by atoms with Gasteiger partial charge in [0.25, 0.3) is 0 Å². The van der Waals surface area contributed by atoms with Crippen molar-refractivity contribution >= 4 is 5.82 Å². The molecule has 0 aromatic carbocycles. The largest absolute Gasteiger partial charge is 0.383 e. The first-order chi connectivity index (χ1) is 6.15. The molecule has 4 N–H and O–H groups in total. The van der Waals surface area contributed by atoms with E-state index in [1.165, 1.54) is 0 Å². The van der Waals surface area contributed by atoms with Crippen molar-refractivity contribution in [1.29, 1.82) is 0 Å². The third-order valence-corrected chi connectivity index (χ3v) is 2.09. The average Bonchev–Trinajstić information content (AvgIpc) is 2.09. The second-order valence-corrected chi connectivity index (χ2v) is 3.38. The van der Waals surface area contributed by atoms with Crippen LogP contribution in [-0.2, 0) is 0 Å². The Labute approximate surface area is 79.2 Å². The van der Waals surface area contributed by atoms with Crippen LogP contribution in [-0.4, -0.2) is 4.98 Å². The predicted molar refractivity (Wildman–Crippen MR) is 55.2 cm³/mol. The summed E-state index contributed by atoms with van der Waals surface area (Å²) in [6, 6.07) is 2.04. The number of rotatable bonds is 3. The van der Waals surface area contributed by atoms with Crippen molar-refractivity contribution in [2.24, 2.45) is 5.73 Å². The van der Waals surface area contributed by atoms with Gasteiger partial charge >= 0.3 is 0 Å². The molecule has 0 saturated carbocycles. The highest BCUT2D eigenvalue weighted by molar-refractivity contribution is 5.42. The molecule has 1 aromatic rings. The van der Waals surface area contributed by atoms with E-state index in [9.17, 15) is 0 Å². The van der Waals surface area contributed by atoms with Crippen LogP contribution in [0.3, 0.4) is 0 Å². The Morgan fingerprint density at radius 1 is 1.54 bits per heavy atom. The normalized spacial score (nSPS) is 12.8. The lowest BCUT2D eigenvalue weighted by atomic mass is 10.0. The van der Waals surface area contributed by atoms with Gasteiger partial charge in [-0.3, -0.25) is 0 Å². The molecule has 0 unspecified atom stereocenters. The van der Waals surface area contributed by atoms with E-state index in [0.717, 1.165) is 24.0 Å². The van der Waals surface area contributed by atoms with E-state index in [0.29, 0.717) is 5.82 Å². The van der Waals surface area contributed by atoms with Crippen LogP contribution in [0.5, 0.6) is 0 Å². The van der Waals surface area contributed by atoms with E-state index in [1.54, 1.807) is 6.20 Å². The molecular formula is C10H17N3. The van der Waals surface area contributed by atoms with Gasteiger partial charge in [-0.1, -0.05) is 13.3 Å². The zero-order valence-electron chi connectivity index (χ0n) is 8.25. The van der Waals surface area contributed by atoms with Crippen molar-refractivity contribution in [1.82, 2.24) is 4.98 Å². The fourth-order valence-corrected chi connectivity index (χ4v) is 1.37. The highest BCUT2D eigenvalue weighted by atomic mass is 14.8. The highest BCUT2D eigenvalue weighted by Gasteiger charge is 2.09. The molecule has 0 fully saturated rings. The Bertz CT molecular complexity index is 283. The standard InChI is InChI=1S/C10H17N3/c1-3-4-9(11)8-5-7(2)6-13-10(8)12/h5-6,9H,3-4,11H2,1-2H3,(H2,12,13)/t9-/m0/s1. The van der Waals surface area contributed by atoms with Gasteiger partial charge < -0.3 is 11.5 Å². The molecule has 3 nitrogen and oxygen atoms in total. The topological polar surface area (TPSA) is 64.9 Å². The zero-order chi connectivity index (χ0) is 9.84. The predicted octanol–water partition coefficient (Wildman–Crippen LogP) is 1.77. The molecule has 1 aromatic heterocycles. The Balaban J connectivity index is 2.91.